The molecule has 0 aliphatic rings. The van der Waals surface area contributed by atoms with Crippen molar-refractivity contribution in [3.8, 4) is 11.3 Å². The highest BCUT2D eigenvalue weighted by Crippen LogP contribution is 2.23. The zero-order chi connectivity index (χ0) is 13.1. The first-order valence-corrected chi connectivity index (χ1v) is 6.39. The molecule has 0 aliphatic carbocycles. The number of hydrogen-bond donors (Lipinski definition) is 1. The number of aromatic amines is 1. The van der Waals surface area contributed by atoms with Crippen molar-refractivity contribution in [2.45, 2.75) is 13.3 Å². The van der Waals surface area contributed by atoms with Crippen molar-refractivity contribution >= 4 is 0 Å². The lowest BCUT2D eigenvalue weighted by molar-refractivity contribution is 1.09. The highest BCUT2D eigenvalue weighted by atomic mass is 15.1. The van der Waals surface area contributed by atoms with Gasteiger partial charge in [0.15, 0.2) is 0 Å². The van der Waals surface area contributed by atoms with Gasteiger partial charge in [-0.25, -0.2) is 0 Å². The van der Waals surface area contributed by atoms with Crippen LogP contribution in [0, 0.1) is 13.1 Å². The van der Waals surface area contributed by atoms with Gasteiger partial charge in [0, 0.05) is 12.0 Å². The van der Waals surface area contributed by atoms with Gasteiger partial charge in [0.1, 0.15) is 6.20 Å². The van der Waals surface area contributed by atoms with E-state index in [1.165, 1.54) is 11.1 Å². The number of rotatable bonds is 3. The van der Waals surface area contributed by atoms with Gasteiger partial charge >= 0.3 is 0 Å². The summed E-state index contributed by atoms with van der Waals surface area (Å²) >= 11 is 0. The Morgan fingerprint density at radius 2 is 1.74 bits per heavy atom. The number of H-pyrrole nitrogens is 1. The molecule has 3 rings (SSSR count). The van der Waals surface area contributed by atoms with Crippen molar-refractivity contribution in [3.05, 3.63) is 77.5 Å². The van der Waals surface area contributed by atoms with E-state index < -0.39 is 0 Å². The molecule has 1 heterocycles. The zero-order valence-electron chi connectivity index (χ0n) is 10.9. The van der Waals surface area contributed by atoms with E-state index in [-0.39, 0.29) is 0 Å². The maximum atomic E-state index is 4.07. The van der Waals surface area contributed by atoms with Gasteiger partial charge in [-0.05, 0) is 18.1 Å². The molecule has 0 bridgehead atoms. The Labute approximate surface area is 113 Å². The summed E-state index contributed by atoms with van der Waals surface area (Å²) < 4.78 is 0. The molecule has 0 atom stereocenters. The van der Waals surface area contributed by atoms with E-state index in [1.807, 2.05) is 6.07 Å². The van der Waals surface area contributed by atoms with Gasteiger partial charge in [0.05, 0.1) is 5.69 Å². The molecule has 19 heavy (non-hydrogen) atoms. The Balaban J connectivity index is 1.92. The largest absolute Gasteiger partial charge is 0.277 e. The van der Waals surface area contributed by atoms with Crippen molar-refractivity contribution in [3.63, 3.8) is 0 Å². The van der Waals surface area contributed by atoms with Gasteiger partial charge in [0.25, 0.3) is 0 Å². The number of hydrogen-bond acceptors (Lipinski definition) is 1. The number of nitrogens with one attached hydrogen (secondary N) is 1. The second-order valence-electron chi connectivity index (χ2n) is 4.72. The van der Waals surface area contributed by atoms with Crippen LogP contribution in [0.4, 0.5) is 0 Å². The van der Waals surface area contributed by atoms with Crippen molar-refractivity contribution in [2.75, 3.05) is 0 Å². The molecule has 3 aromatic rings. The maximum Gasteiger partial charge on any atom is 0.117 e. The van der Waals surface area contributed by atoms with Crippen LogP contribution in [0.25, 0.3) is 11.3 Å². The molecule has 2 nitrogen and oxygen atoms in total. The fourth-order valence-electron chi connectivity index (χ4n) is 2.16. The van der Waals surface area contributed by atoms with Gasteiger partial charge in [-0.15, -0.1) is 0 Å². The van der Waals surface area contributed by atoms with Crippen LogP contribution in [-0.4, -0.2) is 10.2 Å². The van der Waals surface area contributed by atoms with E-state index >= 15 is 0 Å². The molecule has 1 radical (unpaired) electrons. The Morgan fingerprint density at radius 3 is 2.47 bits per heavy atom. The van der Waals surface area contributed by atoms with Crippen LogP contribution in [0.1, 0.15) is 16.7 Å². The predicted molar refractivity (Wildman–Crippen MR) is 76.8 cm³/mol. The van der Waals surface area contributed by atoms with E-state index in [0.29, 0.717) is 0 Å². The molecular weight excluding hydrogens is 232 g/mol. The van der Waals surface area contributed by atoms with Gasteiger partial charge in [-0.3, -0.25) is 5.10 Å². The van der Waals surface area contributed by atoms with Crippen molar-refractivity contribution in [1.82, 2.24) is 10.2 Å². The molecule has 0 amide bonds. The molecular formula is C17H15N2. The first-order valence-electron chi connectivity index (χ1n) is 6.39. The third kappa shape index (κ3) is 2.58. The van der Waals surface area contributed by atoms with Crippen molar-refractivity contribution < 1.29 is 0 Å². The van der Waals surface area contributed by atoms with Crippen LogP contribution in [0.2, 0.25) is 0 Å². The Kier molecular flexibility index (Phi) is 3.15. The molecule has 1 aromatic heterocycles. The SMILES string of the molecule is Cc1ccc(-c2[nH]n[c]c2Cc2ccccc2)cc1. The lowest BCUT2D eigenvalue weighted by Crippen LogP contribution is -1.89. The topological polar surface area (TPSA) is 28.7 Å². The highest BCUT2D eigenvalue weighted by Gasteiger charge is 2.08. The Bertz CT molecular complexity index is 651. The molecule has 2 aromatic carbocycles. The third-order valence-electron chi connectivity index (χ3n) is 3.22. The number of aryl methyl sites for hydroxylation is 1. The van der Waals surface area contributed by atoms with Crippen LogP contribution < -0.4 is 0 Å². The number of benzene rings is 2. The minimum atomic E-state index is 0.848. The summed E-state index contributed by atoms with van der Waals surface area (Å²) in [5.41, 5.74) is 5.86. The number of nitrogens with zero attached hydrogens (tertiary/aromatic N) is 1. The summed E-state index contributed by atoms with van der Waals surface area (Å²) in [5.74, 6) is 0. The predicted octanol–water partition coefficient (Wildman–Crippen LogP) is 3.78. The lowest BCUT2D eigenvalue weighted by Gasteiger charge is -2.04. The van der Waals surface area contributed by atoms with Gasteiger partial charge in [-0.1, -0.05) is 60.2 Å². The Morgan fingerprint density at radius 1 is 1.00 bits per heavy atom. The molecule has 1 N–H and O–H groups in total. The van der Waals surface area contributed by atoms with Gasteiger partial charge in [0.2, 0.25) is 0 Å². The summed E-state index contributed by atoms with van der Waals surface area (Å²) in [5, 5.41) is 7.12. The standard InChI is InChI=1S/C17H15N2/c1-13-7-9-15(10-8-13)17-16(12-18-19-17)11-14-5-3-2-4-6-14/h2-10H,11H2,1H3,(H,18,19). The molecule has 93 valence electrons. The minimum absolute atomic E-state index is 0.848. The fraction of sp³-hybridized carbons (Fsp3) is 0.118. The Hall–Kier alpha value is -2.35. The first kappa shape index (κ1) is 11.7. The second-order valence-corrected chi connectivity index (χ2v) is 4.72. The smallest absolute Gasteiger partial charge is 0.117 e. The number of aromatic nitrogens is 2. The third-order valence-corrected chi connectivity index (χ3v) is 3.22. The summed E-state index contributed by atoms with van der Waals surface area (Å²) in [6.45, 7) is 2.09. The average molecular weight is 247 g/mol. The average Bonchev–Trinajstić information content (AvgIpc) is 2.89. The monoisotopic (exact) mass is 247 g/mol. The van der Waals surface area contributed by atoms with E-state index in [9.17, 15) is 0 Å². The lowest BCUT2D eigenvalue weighted by atomic mass is 10.0. The molecule has 0 saturated heterocycles. The van der Waals surface area contributed by atoms with Gasteiger partial charge < -0.3 is 0 Å². The van der Waals surface area contributed by atoms with Crippen LogP contribution in [-0.2, 0) is 6.42 Å². The molecule has 0 fully saturated rings. The molecule has 0 aliphatic heterocycles. The first-order chi connectivity index (χ1) is 9.33. The zero-order valence-corrected chi connectivity index (χ0v) is 10.9. The van der Waals surface area contributed by atoms with E-state index in [0.717, 1.165) is 23.2 Å². The van der Waals surface area contributed by atoms with E-state index in [4.69, 9.17) is 0 Å². The van der Waals surface area contributed by atoms with Crippen LogP contribution in [0.5, 0.6) is 0 Å². The molecule has 0 spiro atoms. The van der Waals surface area contributed by atoms with Gasteiger partial charge in [-0.2, -0.15) is 5.10 Å². The van der Waals surface area contributed by atoms with Crippen LogP contribution in [0.3, 0.4) is 0 Å². The molecule has 0 saturated carbocycles. The van der Waals surface area contributed by atoms with E-state index in [2.05, 4.69) is 71.8 Å². The maximum absolute atomic E-state index is 4.07. The van der Waals surface area contributed by atoms with Crippen molar-refractivity contribution in [1.29, 1.82) is 0 Å². The molecule has 2 heteroatoms. The van der Waals surface area contributed by atoms with Crippen LogP contribution in [0.15, 0.2) is 54.6 Å². The molecule has 0 unspecified atom stereocenters. The summed E-state index contributed by atoms with van der Waals surface area (Å²) in [6.07, 6.45) is 3.91. The summed E-state index contributed by atoms with van der Waals surface area (Å²) in [4.78, 5) is 0. The van der Waals surface area contributed by atoms with E-state index in [1.54, 1.807) is 0 Å². The highest BCUT2D eigenvalue weighted by molar-refractivity contribution is 5.63. The normalized spacial score (nSPS) is 10.6. The fourth-order valence-corrected chi connectivity index (χ4v) is 2.16. The minimum Gasteiger partial charge on any atom is -0.277 e. The summed E-state index contributed by atoms with van der Waals surface area (Å²) in [7, 11) is 0. The summed E-state index contributed by atoms with van der Waals surface area (Å²) in [6, 6.07) is 18.9. The van der Waals surface area contributed by atoms with Crippen LogP contribution >= 0.6 is 0 Å². The van der Waals surface area contributed by atoms with Crippen molar-refractivity contribution in [2.24, 2.45) is 0 Å². The second kappa shape index (κ2) is 5.11. The quantitative estimate of drug-likeness (QED) is 0.749.